The third-order valence-corrected chi connectivity index (χ3v) is 7.25. The molecule has 0 aromatic heterocycles. The number of nitrogens with one attached hydrogen (secondary N) is 1. The van der Waals surface area contributed by atoms with E-state index < -0.39 is 10.0 Å². The number of piperidine rings is 1. The predicted octanol–water partition coefficient (Wildman–Crippen LogP) is 3.28. The third kappa shape index (κ3) is 4.55. The Kier molecular flexibility index (Phi) is 5.76. The summed E-state index contributed by atoms with van der Waals surface area (Å²) in [5.74, 6) is 0. The molecule has 0 spiro atoms. The molecule has 6 heteroatoms. The quantitative estimate of drug-likeness (QED) is 0.820. The van der Waals surface area contributed by atoms with Crippen LogP contribution in [0.1, 0.15) is 29.5 Å². The summed E-state index contributed by atoms with van der Waals surface area (Å²) >= 11 is 0. The highest BCUT2D eigenvalue weighted by atomic mass is 32.2. The third-order valence-electron chi connectivity index (χ3n) is 5.95. The summed E-state index contributed by atoms with van der Waals surface area (Å²) < 4.78 is 25.1. The minimum Gasteiger partial charge on any atom is -0.370 e. The van der Waals surface area contributed by atoms with E-state index in [1.807, 2.05) is 7.05 Å². The molecule has 1 fully saturated rings. The van der Waals surface area contributed by atoms with E-state index in [0.29, 0.717) is 19.1 Å². The number of fused-ring (bicyclic) bond motifs is 1. The first-order valence-electron chi connectivity index (χ1n) is 10.2. The van der Waals surface area contributed by atoms with Gasteiger partial charge in [0.25, 0.3) is 0 Å². The smallest absolute Gasteiger partial charge is 0.211 e. The molecule has 5 nitrogen and oxygen atoms in total. The summed E-state index contributed by atoms with van der Waals surface area (Å²) in [4.78, 5) is 2.37. The Balaban J connectivity index is 1.47. The van der Waals surface area contributed by atoms with Crippen LogP contribution in [0.3, 0.4) is 0 Å². The van der Waals surface area contributed by atoms with Crippen LogP contribution in [-0.4, -0.2) is 50.1 Å². The van der Waals surface area contributed by atoms with Crippen molar-refractivity contribution in [2.75, 3.05) is 26.4 Å². The van der Waals surface area contributed by atoms with Gasteiger partial charge in [-0.25, -0.2) is 12.7 Å². The lowest BCUT2D eigenvalue weighted by Gasteiger charge is -2.38. The molecular weight excluding hydrogens is 382 g/mol. The molecule has 0 bridgehead atoms. The van der Waals surface area contributed by atoms with Gasteiger partial charge >= 0.3 is 0 Å². The largest absolute Gasteiger partial charge is 0.370 e. The molecule has 29 heavy (non-hydrogen) atoms. The minimum atomic E-state index is -3.07. The standard InChI is InChI=1S/C23H29N3O2S/c1-24-16-18-4-3-5-19(14-18)20-6-7-22-17-25(11-8-21(22)15-20)23-9-12-26(13-10-23)29(2,27)28/h3-8,11,14-15,23-24H,9-10,12-13,16-17H2,1-2H3. The zero-order valence-electron chi connectivity index (χ0n) is 17.1. The second-order valence-electron chi connectivity index (χ2n) is 8.03. The van der Waals surface area contributed by atoms with Crippen molar-refractivity contribution >= 4 is 16.1 Å². The van der Waals surface area contributed by atoms with Gasteiger partial charge in [-0.2, -0.15) is 0 Å². The minimum absolute atomic E-state index is 0.398. The van der Waals surface area contributed by atoms with Crippen LogP contribution in [0.2, 0.25) is 0 Å². The van der Waals surface area contributed by atoms with Crippen molar-refractivity contribution in [3.63, 3.8) is 0 Å². The van der Waals surface area contributed by atoms with E-state index >= 15 is 0 Å². The SMILES string of the molecule is CNCc1cccc(-c2ccc3c(c2)C=CN(C2CCN(S(C)(=O)=O)CC2)C3)c1. The molecule has 0 saturated carbocycles. The number of rotatable bonds is 5. The predicted molar refractivity (Wildman–Crippen MR) is 119 cm³/mol. The molecule has 154 valence electrons. The fraction of sp³-hybridized carbons (Fsp3) is 0.391. The Morgan fingerprint density at radius 3 is 2.55 bits per heavy atom. The van der Waals surface area contributed by atoms with Crippen LogP contribution in [0.25, 0.3) is 17.2 Å². The molecule has 2 aliphatic heterocycles. The van der Waals surface area contributed by atoms with Crippen molar-refractivity contribution in [3.05, 3.63) is 65.4 Å². The lowest BCUT2D eigenvalue weighted by Crippen LogP contribution is -2.45. The van der Waals surface area contributed by atoms with E-state index in [4.69, 9.17) is 0 Å². The Morgan fingerprint density at radius 2 is 1.83 bits per heavy atom. The molecule has 0 unspecified atom stereocenters. The van der Waals surface area contributed by atoms with Crippen molar-refractivity contribution in [1.82, 2.24) is 14.5 Å². The van der Waals surface area contributed by atoms with E-state index in [9.17, 15) is 8.42 Å². The first-order chi connectivity index (χ1) is 13.9. The van der Waals surface area contributed by atoms with E-state index in [1.165, 1.54) is 34.1 Å². The maximum atomic E-state index is 11.7. The lowest BCUT2D eigenvalue weighted by molar-refractivity contribution is 0.183. The molecule has 2 heterocycles. The van der Waals surface area contributed by atoms with Crippen LogP contribution in [0, 0.1) is 0 Å². The molecule has 1 saturated heterocycles. The molecule has 2 aliphatic rings. The highest BCUT2D eigenvalue weighted by Crippen LogP contribution is 2.30. The monoisotopic (exact) mass is 411 g/mol. The number of benzene rings is 2. The van der Waals surface area contributed by atoms with E-state index in [1.54, 1.807) is 4.31 Å². The van der Waals surface area contributed by atoms with Gasteiger partial charge in [-0.15, -0.1) is 0 Å². The molecule has 0 aliphatic carbocycles. The summed E-state index contributed by atoms with van der Waals surface area (Å²) in [7, 11) is -1.11. The van der Waals surface area contributed by atoms with Crippen LogP contribution >= 0.6 is 0 Å². The molecule has 4 rings (SSSR count). The second kappa shape index (κ2) is 8.30. The van der Waals surface area contributed by atoms with Crippen molar-refractivity contribution in [3.8, 4) is 11.1 Å². The lowest BCUT2D eigenvalue weighted by atomic mass is 9.95. The van der Waals surface area contributed by atoms with Crippen LogP contribution in [0.15, 0.2) is 48.7 Å². The maximum Gasteiger partial charge on any atom is 0.211 e. The normalized spacial score (nSPS) is 18.1. The van der Waals surface area contributed by atoms with Crippen LogP contribution in [0.5, 0.6) is 0 Å². The number of nitrogens with zero attached hydrogens (tertiary/aromatic N) is 2. The topological polar surface area (TPSA) is 52.6 Å². The zero-order valence-corrected chi connectivity index (χ0v) is 18.0. The van der Waals surface area contributed by atoms with Crippen LogP contribution in [-0.2, 0) is 23.1 Å². The van der Waals surface area contributed by atoms with Gasteiger partial charge in [0.05, 0.1) is 6.26 Å². The Morgan fingerprint density at radius 1 is 1.07 bits per heavy atom. The van der Waals surface area contributed by atoms with Gasteiger partial charge in [0.1, 0.15) is 0 Å². The second-order valence-corrected chi connectivity index (χ2v) is 10.0. The maximum absolute atomic E-state index is 11.7. The highest BCUT2D eigenvalue weighted by molar-refractivity contribution is 7.88. The molecule has 1 N–H and O–H groups in total. The van der Waals surface area contributed by atoms with Gasteiger partial charge in [-0.05, 0) is 65.9 Å². The average Bonchev–Trinajstić information content (AvgIpc) is 2.73. The van der Waals surface area contributed by atoms with Gasteiger partial charge in [0.15, 0.2) is 0 Å². The van der Waals surface area contributed by atoms with E-state index in [0.717, 1.165) is 25.9 Å². The van der Waals surface area contributed by atoms with Crippen LogP contribution in [0.4, 0.5) is 0 Å². The van der Waals surface area contributed by atoms with Crippen LogP contribution < -0.4 is 5.32 Å². The first kappa shape index (κ1) is 20.1. The molecule has 0 atom stereocenters. The van der Waals surface area contributed by atoms with Gasteiger partial charge in [0.2, 0.25) is 10.0 Å². The van der Waals surface area contributed by atoms with E-state index in [-0.39, 0.29) is 0 Å². The summed E-state index contributed by atoms with van der Waals surface area (Å²) in [5.41, 5.74) is 6.36. The van der Waals surface area contributed by atoms with Gasteiger partial charge in [-0.1, -0.05) is 30.3 Å². The number of hydrogen-bond acceptors (Lipinski definition) is 4. The average molecular weight is 412 g/mol. The number of sulfonamides is 1. The van der Waals surface area contributed by atoms with Gasteiger partial charge in [-0.3, -0.25) is 0 Å². The summed E-state index contributed by atoms with van der Waals surface area (Å²) in [6.07, 6.45) is 7.44. The number of hydrogen-bond donors (Lipinski definition) is 1. The van der Waals surface area contributed by atoms with Gasteiger partial charge < -0.3 is 10.2 Å². The summed E-state index contributed by atoms with van der Waals surface area (Å²) in [6, 6.07) is 15.8. The summed E-state index contributed by atoms with van der Waals surface area (Å²) in [5, 5.41) is 3.21. The van der Waals surface area contributed by atoms with Gasteiger partial charge in [0, 0.05) is 38.4 Å². The molecule has 2 aromatic rings. The Labute approximate surface area is 174 Å². The molecular formula is C23H29N3O2S. The van der Waals surface area contributed by atoms with Crippen molar-refractivity contribution in [2.45, 2.75) is 32.0 Å². The fourth-order valence-electron chi connectivity index (χ4n) is 4.32. The Bertz CT molecular complexity index is 1010. The first-order valence-corrected chi connectivity index (χ1v) is 12.0. The van der Waals surface area contributed by atoms with E-state index in [2.05, 4.69) is 65.0 Å². The molecule has 0 radical (unpaired) electrons. The Hall–Kier alpha value is -2.15. The zero-order chi connectivity index (χ0) is 20.4. The summed E-state index contributed by atoms with van der Waals surface area (Å²) in [6.45, 7) is 2.98. The molecule has 0 amide bonds. The highest BCUT2D eigenvalue weighted by Gasteiger charge is 2.28. The van der Waals surface area contributed by atoms with Crippen molar-refractivity contribution in [2.24, 2.45) is 0 Å². The molecule has 2 aromatic carbocycles. The fourth-order valence-corrected chi connectivity index (χ4v) is 5.19. The van der Waals surface area contributed by atoms with Crippen molar-refractivity contribution < 1.29 is 8.42 Å². The van der Waals surface area contributed by atoms with Crippen molar-refractivity contribution in [1.29, 1.82) is 0 Å².